The van der Waals surface area contributed by atoms with Crippen LogP contribution in [0.1, 0.15) is 42.1 Å². The van der Waals surface area contributed by atoms with Crippen molar-refractivity contribution in [2.24, 2.45) is 4.99 Å². The number of nitrogens with zero attached hydrogens (tertiary/aromatic N) is 2. The van der Waals surface area contributed by atoms with Crippen molar-refractivity contribution in [1.82, 2.24) is 20.9 Å². The summed E-state index contributed by atoms with van der Waals surface area (Å²) in [6.07, 6.45) is 4.74. The van der Waals surface area contributed by atoms with Crippen molar-refractivity contribution in [3.63, 3.8) is 0 Å². The average molecular weight is 485 g/mol. The lowest BCUT2D eigenvalue weighted by atomic mass is 10.1. The highest BCUT2D eigenvalue weighted by Crippen LogP contribution is 2.33. The Bertz CT molecular complexity index is 662. The highest BCUT2D eigenvalue weighted by molar-refractivity contribution is 14.0. The summed E-state index contributed by atoms with van der Waals surface area (Å²) in [6, 6.07) is 9.71. The van der Waals surface area contributed by atoms with E-state index in [4.69, 9.17) is 0 Å². The highest BCUT2D eigenvalue weighted by atomic mass is 127. The fourth-order valence-corrected chi connectivity index (χ4v) is 3.80. The highest BCUT2D eigenvalue weighted by Gasteiger charge is 2.38. The molecule has 3 rings (SSSR count). The van der Waals surface area contributed by atoms with Crippen LogP contribution in [0.25, 0.3) is 0 Å². The summed E-state index contributed by atoms with van der Waals surface area (Å²) in [7, 11) is 3.47. The van der Waals surface area contributed by atoms with Gasteiger partial charge in [-0.1, -0.05) is 12.1 Å². The van der Waals surface area contributed by atoms with E-state index in [-0.39, 0.29) is 29.9 Å². The van der Waals surface area contributed by atoms with Gasteiger partial charge < -0.3 is 16.0 Å². The molecule has 0 aromatic heterocycles. The van der Waals surface area contributed by atoms with Crippen LogP contribution >= 0.6 is 24.0 Å². The van der Waals surface area contributed by atoms with Crippen LogP contribution in [0.5, 0.6) is 0 Å². The molecular formula is C20H32IN5O. The third-order valence-corrected chi connectivity index (χ3v) is 5.33. The molecule has 1 amide bonds. The third-order valence-electron chi connectivity index (χ3n) is 5.33. The van der Waals surface area contributed by atoms with Gasteiger partial charge in [-0.05, 0) is 50.3 Å². The molecule has 27 heavy (non-hydrogen) atoms. The summed E-state index contributed by atoms with van der Waals surface area (Å²) < 4.78 is 0. The van der Waals surface area contributed by atoms with Crippen LogP contribution in [-0.2, 0) is 6.42 Å². The van der Waals surface area contributed by atoms with E-state index in [0.29, 0.717) is 17.6 Å². The number of guanidine groups is 1. The minimum Gasteiger partial charge on any atom is -0.356 e. The Morgan fingerprint density at radius 2 is 2.11 bits per heavy atom. The van der Waals surface area contributed by atoms with Crippen LogP contribution in [-0.4, -0.2) is 62.1 Å². The molecule has 1 saturated carbocycles. The van der Waals surface area contributed by atoms with Gasteiger partial charge in [0.15, 0.2) is 5.96 Å². The molecule has 1 aliphatic carbocycles. The van der Waals surface area contributed by atoms with Crippen LogP contribution in [0.4, 0.5) is 0 Å². The van der Waals surface area contributed by atoms with Gasteiger partial charge in [0.1, 0.15) is 0 Å². The van der Waals surface area contributed by atoms with Crippen molar-refractivity contribution < 1.29 is 4.79 Å². The number of rotatable bonds is 6. The molecule has 2 atom stereocenters. The summed E-state index contributed by atoms with van der Waals surface area (Å²) in [6.45, 7) is 4.22. The third kappa shape index (κ3) is 6.07. The lowest BCUT2D eigenvalue weighted by Gasteiger charge is -2.20. The molecule has 3 N–H and O–H groups in total. The van der Waals surface area contributed by atoms with Crippen LogP contribution in [0.15, 0.2) is 29.3 Å². The maximum atomic E-state index is 11.7. The van der Waals surface area contributed by atoms with E-state index >= 15 is 0 Å². The molecule has 150 valence electrons. The molecule has 2 aliphatic rings. The molecule has 6 nitrogen and oxygen atoms in total. The first kappa shape index (κ1) is 21.9. The average Bonchev–Trinajstić information content (AvgIpc) is 3.43. The summed E-state index contributed by atoms with van der Waals surface area (Å²) >= 11 is 0. The van der Waals surface area contributed by atoms with Crippen molar-refractivity contribution >= 4 is 35.8 Å². The van der Waals surface area contributed by atoms with E-state index in [1.165, 1.54) is 19.3 Å². The first-order valence-electron chi connectivity index (χ1n) is 9.64. The number of likely N-dealkylation sites (tertiary alicyclic amines) is 1. The molecule has 2 unspecified atom stereocenters. The number of carbonyl (C=O) groups excluding carboxylic acids is 1. The number of aliphatic imine (C=N–C) groups is 1. The van der Waals surface area contributed by atoms with Gasteiger partial charge in [-0.15, -0.1) is 24.0 Å². The lowest BCUT2D eigenvalue weighted by Crippen LogP contribution is -2.45. The molecule has 1 heterocycles. The number of halogens is 1. The molecule has 0 spiro atoms. The molecule has 2 fully saturated rings. The molecular weight excluding hydrogens is 453 g/mol. The van der Waals surface area contributed by atoms with E-state index in [9.17, 15) is 4.79 Å². The normalized spacial score (nSPS) is 22.9. The number of benzene rings is 1. The lowest BCUT2D eigenvalue weighted by molar-refractivity contribution is 0.0963. The van der Waals surface area contributed by atoms with E-state index in [1.54, 1.807) is 7.05 Å². The monoisotopic (exact) mass is 485 g/mol. The quantitative estimate of drug-likeness (QED) is 0.328. The minimum absolute atomic E-state index is 0. The molecule has 0 radical (unpaired) electrons. The van der Waals surface area contributed by atoms with Gasteiger partial charge in [-0.3, -0.25) is 14.7 Å². The predicted octanol–water partition coefficient (Wildman–Crippen LogP) is 2.00. The summed E-state index contributed by atoms with van der Waals surface area (Å²) in [4.78, 5) is 18.7. The Labute approximate surface area is 179 Å². The number of hydrogen-bond acceptors (Lipinski definition) is 3. The van der Waals surface area contributed by atoms with Crippen molar-refractivity contribution in [1.29, 1.82) is 0 Å². The summed E-state index contributed by atoms with van der Waals surface area (Å²) in [5.74, 6) is 0.815. The molecule has 0 bridgehead atoms. The Morgan fingerprint density at radius 3 is 2.78 bits per heavy atom. The maximum absolute atomic E-state index is 11.7. The molecule has 1 aromatic rings. The van der Waals surface area contributed by atoms with Gasteiger partial charge in [0.25, 0.3) is 5.91 Å². The van der Waals surface area contributed by atoms with Gasteiger partial charge in [0.05, 0.1) is 0 Å². The molecule has 1 aromatic carbocycles. The second kappa shape index (κ2) is 10.3. The standard InChI is InChI=1S/C20H31N5O.HI/c1-14-11-17(13-25(14)18-7-8-18)24-20(22-3)23-10-9-15-5-4-6-16(12-15)19(26)21-2;/h4-6,12,14,17-18H,7-11,13H2,1-3H3,(H,21,26)(H2,22,23,24);1H. The van der Waals surface area contributed by atoms with Crippen LogP contribution in [0.3, 0.4) is 0 Å². The number of carbonyl (C=O) groups is 1. The smallest absolute Gasteiger partial charge is 0.251 e. The fraction of sp³-hybridized carbons (Fsp3) is 0.600. The fourth-order valence-electron chi connectivity index (χ4n) is 3.80. The van der Waals surface area contributed by atoms with Crippen molar-refractivity contribution in [2.45, 2.75) is 50.7 Å². The van der Waals surface area contributed by atoms with Crippen LogP contribution in [0, 0.1) is 0 Å². The van der Waals surface area contributed by atoms with Gasteiger partial charge in [0, 0.05) is 50.9 Å². The van der Waals surface area contributed by atoms with Crippen LogP contribution < -0.4 is 16.0 Å². The topological polar surface area (TPSA) is 68.8 Å². The zero-order valence-electron chi connectivity index (χ0n) is 16.5. The van der Waals surface area contributed by atoms with E-state index in [1.807, 2.05) is 25.2 Å². The minimum atomic E-state index is -0.0483. The van der Waals surface area contributed by atoms with Gasteiger partial charge in [-0.2, -0.15) is 0 Å². The second-order valence-electron chi connectivity index (χ2n) is 7.38. The predicted molar refractivity (Wildman–Crippen MR) is 121 cm³/mol. The van der Waals surface area contributed by atoms with Gasteiger partial charge >= 0.3 is 0 Å². The Morgan fingerprint density at radius 1 is 1.33 bits per heavy atom. The maximum Gasteiger partial charge on any atom is 0.251 e. The van der Waals surface area contributed by atoms with Crippen molar-refractivity contribution in [2.75, 3.05) is 27.2 Å². The summed E-state index contributed by atoms with van der Waals surface area (Å²) in [5.41, 5.74) is 1.84. The molecule has 1 aliphatic heterocycles. The SMILES string of the molecule is CN=C(NCCc1cccc(C(=O)NC)c1)NC1CC(C)N(C2CC2)C1.I. The largest absolute Gasteiger partial charge is 0.356 e. The summed E-state index contributed by atoms with van der Waals surface area (Å²) in [5, 5.41) is 9.63. The van der Waals surface area contributed by atoms with E-state index in [2.05, 4.69) is 38.8 Å². The van der Waals surface area contributed by atoms with Gasteiger partial charge in [-0.25, -0.2) is 0 Å². The van der Waals surface area contributed by atoms with Crippen LogP contribution in [0.2, 0.25) is 0 Å². The Hall–Kier alpha value is -1.35. The zero-order chi connectivity index (χ0) is 18.5. The first-order chi connectivity index (χ1) is 12.6. The second-order valence-corrected chi connectivity index (χ2v) is 7.38. The van der Waals surface area contributed by atoms with Crippen molar-refractivity contribution in [3.05, 3.63) is 35.4 Å². The van der Waals surface area contributed by atoms with Crippen molar-refractivity contribution in [3.8, 4) is 0 Å². The Kier molecular flexibility index (Phi) is 8.34. The first-order valence-corrected chi connectivity index (χ1v) is 9.64. The van der Waals surface area contributed by atoms with E-state index < -0.39 is 0 Å². The number of amides is 1. The van der Waals surface area contributed by atoms with Gasteiger partial charge in [0.2, 0.25) is 0 Å². The molecule has 7 heteroatoms. The zero-order valence-corrected chi connectivity index (χ0v) is 18.8. The number of nitrogens with one attached hydrogen (secondary N) is 3. The Balaban J connectivity index is 0.00000261. The molecule has 1 saturated heterocycles. The number of hydrogen-bond donors (Lipinski definition) is 3. The van der Waals surface area contributed by atoms with E-state index in [0.717, 1.165) is 37.1 Å².